The SMILES string of the molecule is CN1C(=O)c2ccccc2N(C(=O)CN(CO)CO)c2ccc(Cl)cc21.Cl. The molecule has 144 valence electrons. The van der Waals surface area contributed by atoms with Gasteiger partial charge < -0.3 is 15.1 Å². The van der Waals surface area contributed by atoms with Crippen molar-refractivity contribution in [3.63, 3.8) is 0 Å². The van der Waals surface area contributed by atoms with E-state index in [1.54, 1.807) is 49.5 Å². The minimum atomic E-state index is -0.468. The highest BCUT2D eigenvalue weighted by atomic mass is 35.5. The second-order valence-electron chi connectivity index (χ2n) is 5.86. The van der Waals surface area contributed by atoms with Gasteiger partial charge in [0.2, 0.25) is 5.91 Å². The molecule has 1 heterocycles. The summed E-state index contributed by atoms with van der Waals surface area (Å²) in [7, 11) is 1.62. The van der Waals surface area contributed by atoms with Crippen LogP contribution in [0.4, 0.5) is 17.1 Å². The number of carbonyl (C=O) groups is 2. The van der Waals surface area contributed by atoms with Crippen LogP contribution in [0.1, 0.15) is 10.4 Å². The summed E-state index contributed by atoms with van der Waals surface area (Å²) < 4.78 is 0. The normalized spacial score (nSPS) is 13.0. The number of halogens is 2. The third-order valence-corrected chi connectivity index (χ3v) is 4.46. The van der Waals surface area contributed by atoms with Crippen molar-refractivity contribution in [3.05, 3.63) is 53.1 Å². The summed E-state index contributed by atoms with van der Waals surface area (Å²) in [6.07, 6.45) is 0. The molecule has 0 bridgehead atoms. The number of para-hydroxylation sites is 1. The molecular weight excluding hydrogens is 393 g/mol. The van der Waals surface area contributed by atoms with E-state index in [1.807, 2.05) is 0 Å². The quantitative estimate of drug-likeness (QED) is 0.753. The monoisotopic (exact) mass is 411 g/mol. The first-order valence-corrected chi connectivity index (χ1v) is 8.29. The van der Waals surface area contributed by atoms with E-state index in [0.717, 1.165) is 4.90 Å². The maximum Gasteiger partial charge on any atom is 0.260 e. The molecule has 0 radical (unpaired) electrons. The average molecular weight is 412 g/mol. The average Bonchev–Trinajstić information content (AvgIpc) is 2.74. The first-order chi connectivity index (χ1) is 12.5. The van der Waals surface area contributed by atoms with Crippen LogP contribution in [0.2, 0.25) is 5.02 Å². The largest absolute Gasteiger partial charge is 0.381 e. The molecule has 7 nitrogen and oxygen atoms in total. The standard InChI is InChI=1S/C18H18ClN3O4.ClH/c1-20-16-8-12(19)6-7-15(16)22(17(25)9-21(10-23)11-24)14-5-3-2-4-13(14)18(20)26;/h2-8,23-24H,9-11H2,1H3;1H. The van der Waals surface area contributed by atoms with Crippen LogP contribution in [0.3, 0.4) is 0 Å². The van der Waals surface area contributed by atoms with Crippen LogP contribution in [-0.2, 0) is 4.79 Å². The Bertz CT molecular complexity index is 858. The van der Waals surface area contributed by atoms with Gasteiger partial charge in [0.05, 0.1) is 42.6 Å². The number of rotatable bonds is 4. The molecule has 2 aromatic carbocycles. The van der Waals surface area contributed by atoms with E-state index in [1.165, 1.54) is 9.80 Å². The number of anilines is 3. The first-order valence-electron chi connectivity index (χ1n) is 7.91. The lowest BCUT2D eigenvalue weighted by atomic mass is 10.1. The molecule has 0 unspecified atom stereocenters. The van der Waals surface area contributed by atoms with Crippen LogP contribution >= 0.6 is 24.0 Å². The van der Waals surface area contributed by atoms with Crippen molar-refractivity contribution in [2.45, 2.75) is 0 Å². The Morgan fingerprint density at radius 2 is 1.74 bits per heavy atom. The number of amides is 2. The molecule has 0 saturated heterocycles. The zero-order valence-corrected chi connectivity index (χ0v) is 16.1. The molecular formula is C18H19Cl2N3O4. The van der Waals surface area contributed by atoms with E-state index in [9.17, 15) is 19.8 Å². The number of hydrogen-bond acceptors (Lipinski definition) is 5. The Balaban J connectivity index is 0.00000261. The van der Waals surface area contributed by atoms with Crippen LogP contribution < -0.4 is 9.80 Å². The third-order valence-electron chi connectivity index (χ3n) is 4.23. The summed E-state index contributed by atoms with van der Waals surface area (Å²) in [6.45, 7) is -1.16. The molecule has 1 aliphatic rings. The summed E-state index contributed by atoms with van der Waals surface area (Å²) >= 11 is 6.10. The van der Waals surface area contributed by atoms with Crippen LogP contribution in [0.15, 0.2) is 42.5 Å². The van der Waals surface area contributed by atoms with Gasteiger partial charge in [-0.05, 0) is 30.3 Å². The highest BCUT2D eigenvalue weighted by molar-refractivity contribution is 6.31. The molecule has 2 amide bonds. The first kappa shape index (κ1) is 21.1. The van der Waals surface area contributed by atoms with E-state index in [2.05, 4.69) is 0 Å². The van der Waals surface area contributed by atoms with Gasteiger partial charge in [-0.15, -0.1) is 12.4 Å². The van der Waals surface area contributed by atoms with Gasteiger partial charge in [0.1, 0.15) is 0 Å². The number of carbonyl (C=O) groups excluding carboxylic acids is 2. The second kappa shape index (κ2) is 8.69. The summed E-state index contributed by atoms with van der Waals surface area (Å²) in [5.41, 5.74) is 1.80. The van der Waals surface area contributed by atoms with E-state index in [0.29, 0.717) is 27.6 Å². The Hall–Kier alpha value is -2.16. The summed E-state index contributed by atoms with van der Waals surface area (Å²) in [4.78, 5) is 29.9. The minimum Gasteiger partial charge on any atom is -0.381 e. The van der Waals surface area contributed by atoms with Crippen molar-refractivity contribution in [2.24, 2.45) is 0 Å². The number of benzene rings is 2. The van der Waals surface area contributed by atoms with Gasteiger partial charge in [-0.1, -0.05) is 23.7 Å². The Kier molecular flexibility index (Phi) is 6.80. The van der Waals surface area contributed by atoms with Crippen molar-refractivity contribution >= 4 is 52.9 Å². The lowest BCUT2D eigenvalue weighted by Crippen LogP contribution is -2.39. The molecule has 0 aliphatic carbocycles. The summed E-state index contributed by atoms with van der Waals surface area (Å²) in [5.74, 6) is -0.659. The topological polar surface area (TPSA) is 84.3 Å². The van der Waals surface area contributed by atoms with Crippen molar-refractivity contribution in [1.29, 1.82) is 0 Å². The van der Waals surface area contributed by atoms with Gasteiger partial charge in [0.25, 0.3) is 5.91 Å². The maximum atomic E-state index is 13.0. The van der Waals surface area contributed by atoms with Gasteiger partial charge in [-0.3, -0.25) is 14.5 Å². The minimum absolute atomic E-state index is 0. The molecule has 0 atom stereocenters. The van der Waals surface area contributed by atoms with E-state index in [4.69, 9.17) is 11.6 Å². The van der Waals surface area contributed by atoms with Crippen LogP contribution in [0, 0.1) is 0 Å². The molecule has 9 heteroatoms. The van der Waals surface area contributed by atoms with Crippen molar-refractivity contribution in [1.82, 2.24) is 4.90 Å². The molecule has 0 saturated carbocycles. The lowest BCUT2D eigenvalue weighted by Gasteiger charge is -2.27. The smallest absolute Gasteiger partial charge is 0.260 e. The molecule has 0 spiro atoms. The number of nitrogens with zero attached hydrogens (tertiary/aromatic N) is 3. The van der Waals surface area contributed by atoms with E-state index in [-0.39, 0.29) is 24.9 Å². The molecule has 2 aromatic rings. The molecule has 0 fully saturated rings. The molecule has 2 N–H and O–H groups in total. The van der Waals surface area contributed by atoms with Crippen molar-refractivity contribution in [3.8, 4) is 0 Å². The Morgan fingerprint density at radius 3 is 2.41 bits per heavy atom. The Labute approximate surface area is 167 Å². The number of hydrogen-bond donors (Lipinski definition) is 2. The molecule has 1 aliphatic heterocycles. The van der Waals surface area contributed by atoms with Crippen molar-refractivity contribution < 1.29 is 19.8 Å². The number of aliphatic hydroxyl groups is 2. The van der Waals surface area contributed by atoms with E-state index >= 15 is 0 Å². The zero-order chi connectivity index (χ0) is 18.8. The van der Waals surface area contributed by atoms with Crippen molar-refractivity contribution in [2.75, 3.05) is 36.9 Å². The molecule has 0 aromatic heterocycles. The predicted octanol–water partition coefficient (Wildman–Crippen LogP) is 2.22. The van der Waals surface area contributed by atoms with Gasteiger partial charge in [-0.2, -0.15) is 0 Å². The van der Waals surface area contributed by atoms with Crippen LogP contribution in [-0.4, -0.2) is 54.0 Å². The zero-order valence-electron chi connectivity index (χ0n) is 14.5. The van der Waals surface area contributed by atoms with Crippen LogP contribution in [0.25, 0.3) is 0 Å². The van der Waals surface area contributed by atoms with Gasteiger partial charge in [0, 0.05) is 12.1 Å². The number of fused-ring (bicyclic) bond motifs is 2. The Morgan fingerprint density at radius 1 is 1.07 bits per heavy atom. The molecule has 3 rings (SSSR count). The van der Waals surface area contributed by atoms with Gasteiger partial charge in [-0.25, -0.2) is 4.90 Å². The van der Waals surface area contributed by atoms with Crippen LogP contribution in [0.5, 0.6) is 0 Å². The number of aliphatic hydroxyl groups excluding tert-OH is 2. The highest BCUT2D eigenvalue weighted by Crippen LogP contribution is 2.41. The fourth-order valence-electron chi connectivity index (χ4n) is 2.90. The maximum absolute atomic E-state index is 13.0. The van der Waals surface area contributed by atoms with Gasteiger partial charge in [0.15, 0.2) is 0 Å². The summed E-state index contributed by atoms with van der Waals surface area (Å²) in [6, 6.07) is 11.7. The highest BCUT2D eigenvalue weighted by Gasteiger charge is 2.32. The van der Waals surface area contributed by atoms with E-state index < -0.39 is 19.4 Å². The predicted molar refractivity (Wildman–Crippen MR) is 106 cm³/mol. The molecule has 27 heavy (non-hydrogen) atoms. The summed E-state index contributed by atoms with van der Waals surface area (Å²) in [5, 5.41) is 18.9. The van der Waals surface area contributed by atoms with Gasteiger partial charge >= 0.3 is 0 Å². The lowest BCUT2D eigenvalue weighted by molar-refractivity contribution is -0.121. The fourth-order valence-corrected chi connectivity index (χ4v) is 3.07. The fraction of sp³-hybridized carbons (Fsp3) is 0.222. The second-order valence-corrected chi connectivity index (χ2v) is 6.29. The third kappa shape index (κ3) is 3.92.